The minimum atomic E-state index is -0.185. The molecular formula is C8H11N3OS2. The van der Waals surface area contributed by atoms with Crippen LogP contribution in [0.1, 0.15) is 23.8 Å². The van der Waals surface area contributed by atoms with Gasteiger partial charge in [0.25, 0.3) is 5.91 Å². The maximum absolute atomic E-state index is 11.4. The molecule has 0 aromatic carbocycles. The number of aromatic nitrogens is 1. The summed E-state index contributed by atoms with van der Waals surface area (Å²) in [6, 6.07) is -0.0540. The maximum atomic E-state index is 11.4. The first-order valence-corrected chi connectivity index (χ1v) is 5.42. The second-order valence-corrected chi connectivity index (χ2v) is 4.16. The lowest BCUT2D eigenvalue weighted by atomic mass is 10.2. The number of carbonyl (C=O) groups is 1. The number of carbonyl (C=O) groups excluding carboxylic acids is 1. The number of rotatable bonds is 4. The Labute approximate surface area is 91.5 Å². The fourth-order valence-corrected chi connectivity index (χ4v) is 1.76. The number of nitrogens with one attached hydrogen (secondary N) is 1. The third kappa shape index (κ3) is 3.39. The van der Waals surface area contributed by atoms with Crippen LogP contribution in [-0.2, 0) is 0 Å². The van der Waals surface area contributed by atoms with Gasteiger partial charge in [-0.3, -0.25) is 4.79 Å². The molecule has 0 spiro atoms. The van der Waals surface area contributed by atoms with Crippen molar-refractivity contribution in [2.24, 2.45) is 5.73 Å². The molecule has 0 radical (unpaired) electrons. The Kier molecular flexibility index (Phi) is 3.97. The summed E-state index contributed by atoms with van der Waals surface area (Å²) in [4.78, 5) is 15.7. The fraction of sp³-hybridized carbons (Fsp3) is 0.375. The summed E-state index contributed by atoms with van der Waals surface area (Å²) < 4.78 is 0. The molecule has 0 fully saturated rings. The number of hydrogen-bond acceptors (Lipinski definition) is 4. The van der Waals surface area contributed by atoms with E-state index in [1.807, 2.05) is 6.92 Å². The Morgan fingerprint density at radius 1 is 1.86 bits per heavy atom. The van der Waals surface area contributed by atoms with Gasteiger partial charge < -0.3 is 11.1 Å². The van der Waals surface area contributed by atoms with Crippen LogP contribution >= 0.6 is 23.6 Å². The van der Waals surface area contributed by atoms with E-state index in [2.05, 4.69) is 10.3 Å². The number of thiazole rings is 1. The molecule has 1 rings (SSSR count). The van der Waals surface area contributed by atoms with E-state index in [0.717, 1.165) is 0 Å². The zero-order chi connectivity index (χ0) is 10.6. The molecule has 1 heterocycles. The van der Waals surface area contributed by atoms with Gasteiger partial charge in [-0.1, -0.05) is 12.2 Å². The topological polar surface area (TPSA) is 68.0 Å². The van der Waals surface area contributed by atoms with Crippen LogP contribution in [0.15, 0.2) is 10.9 Å². The molecule has 1 unspecified atom stereocenters. The van der Waals surface area contributed by atoms with Crippen LogP contribution < -0.4 is 11.1 Å². The first-order valence-electron chi connectivity index (χ1n) is 4.07. The first kappa shape index (κ1) is 11.1. The predicted octanol–water partition coefficient (Wildman–Crippen LogP) is 0.938. The summed E-state index contributed by atoms with van der Waals surface area (Å²) in [5.74, 6) is -0.185. The number of amides is 1. The molecule has 6 heteroatoms. The van der Waals surface area contributed by atoms with Crippen molar-refractivity contribution >= 4 is 34.5 Å². The van der Waals surface area contributed by atoms with Crippen LogP contribution in [0.3, 0.4) is 0 Å². The Morgan fingerprint density at radius 3 is 3.07 bits per heavy atom. The lowest BCUT2D eigenvalue weighted by Gasteiger charge is -2.11. The van der Waals surface area contributed by atoms with Gasteiger partial charge in [-0.15, -0.1) is 11.3 Å². The SMILES string of the molecule is CC(CC(N)=S)NC(=O)c1cscn1. The van der Waals surface area contributed by atoms with Crippen molar-refractivity contribution in [3.05, 3.63) is 16.6 Å². The van der Waals surface area contributed by atoms with Gasteiger partial charge in [0.2, 0.25) is 0 Å². The van der Waals surface area contributed by atoms with Gasteiger partial charge in [-0.25, -0.2) is 4.98 Å². The van der Waals surface area contributed by atoms with E-state index in [1.165, 1.54) is 11.3 Å². The second-order valence-electron chi connectivity index (χ2n) is 2.92. The summed E-state index contributed by atoms with van der Waals surface area (Å²) in [5, 5.41) is 4.45. The highest BCUT2D eigenvalue weighted by Crippen LogP contribution is 2.01. The third-order valence-electron chi connectivity index (χ3n) is 1.55. The molecule has 0 saturated heterocycles. The Hall–Kier alpha value is -1.01. The number of hydrogen-bond donors (Lipinski definition) is 2. The van der Waals surface area contributed by atoms with Crippen LogP contribution in [0.5, 0.6) is 0 Å². The van der Waals surface area contributed by atoms with Gasteiger partial charge in [-0.2, -0.15) is 0 Å². The van der Waals surface area contributed by atoms with E-state index >= 15 is 0 Å². The van der Waals surface area contributed by atoms with Crippen molar-refractivity contribution in [1.82, 2.24) is 10.3 Å². The molecule has 14 heavy (non-hydrogen) atoms. The van der Waals surface area contributed by atoms with E-state index < -0.39 is 0 Å². The Bertz CT molecular complexity index is 323. The van der Waals surface area contributed by atoms with E-state index in [9.17, 15) is 4.79 Å². The lowest BCUT2D eigenvalue weighted by molar-refractivity contribution is 0.0937. The quantitative estimate of drug-likeness (QED) is 0.754. The standard InChI is InChI=1S/C8H11N3OS2/c1-5(2-7(9)13)11-8(12)6-3-14-4-10-6/h3-5H,2H2,1H3,(H2,9,13)(H,11,12). The summed E-state index contributed by atoms with van der Waals surface area (Å²) in [7, 11) is 0. The van der Waals surface area contributed by atoms with E-state index in [0.29, 0.717) is 17.1 Å². The molecule has 4 nitrogen and oxygen atoms in total. The third-order valence-corrected chi connectivity index (χ3v) is 2.30. The Morgan fingerprint density at radius 2 is 2.57 bits per heavy atom. The van der Waals surface area contributed by atoms with Crippen molar-refractivity contribution in [3.8, 4) is 0 Å². The van der Waals surface area contributed by atoms with Gasteiger partial charge in [0.05, 0.1) is 10.5 Å². The van der Waals surface area contributed by atoms with Crippen LogP contribution in [-0.4, -0.2) is 21.9 Å². The molecule has 0 aliphatic rings. The number of nitrogens with zero attached hydrogens (tertiary/aromatic N) is 1. The molecule has 1 amide bonds. The minimum absolute atomic E-state index is 0.0540. The first-order chi connectivity index (χ1) is 6.59. The number of nitrogens with two attached hydrogens (primary N) is 1. The van der Waals surface area contributed by atoms with Gasteiger partial charge in [0.1, 0.15) is 5.69 Å². The summed E-state index contributed by atoms with van der Waals surface area (Å²) in [6.45, 7) is 1.85. The molecule has 0 aliphatic heterocycles. The van der Waals surface area contributed by atoms with Gasteiger partial charge in [0, 0.05) is 17.8 Å². The maximum Gasteiger partial charge on any atom is 0.270 e. The van der Waals surface area contributed by atoms with E-state index in [-0.39, 0.29) is 11.9 Å². The molecule has 0 saturated carbocycles. The van der Waals surface area contributed by atoms with Crippen LogP contribution in [0.2, 0.25) is 0 Å². The molecular weight excluding hydrogens is 218 g/mol. The summed E-state index contributed by atoms with van der Waals surface area (Å²) in [6.07, 6.45) is 0.505. The molecule has 3 N–H and O–H groups in total. The molecule has 0 aliphatic carbocycles. The largest absolute Gasteiger partial charge is 0.393 e. The van der Waals surface area contributed by atoms with Crippen LogP contribution in [0.4, 0.5) is 0 Å². The molecule has 1 atom stereocenters. The highest BCUT2D eigenvalue weighted by molar-refractivity contribution is 7.80. The highest BCUT2D eigenvalue weighted by atomic mass is 32.1. The zero-order valence-corrected chi connectivity index (χ0v) is 9.32. The minimum Gasteiger partial charge on any atom is -0.393 e. The van der Waals surface area contributed by atoms with Gasteiger partial charge in [0.15, 0.2) is 0 Å². The highest BCUT2D eigenvalue weighted by Gasteiger charge is 2.11. The second kappa shape index (κ2) is 5.02. The van der Waals surface area contributed by atoms with Crippen LogP contribution in [0, 0.1) is 0 Å². The predicted molar refractivity (Wildman–Crippen MR) is 60.4 cm³/mol. The molecule has 0 bridgehead atoms. The van der Waals surface area contributed by atoms with Crippen molar-refractivity contribution in [2.45, 2.75) is 19.4 Å². The monoisotopic (exact) mass is 229 g/mol. The number of thiocarbonyl (C=S) groups is 1. The van der Waals surface area contributed by atoms with Crippen molar-refractivity contribution < 1.29 is 4.79 Å². The summed E-state index contributed by atoms with van der Waals surface area (Å²) >= 11 is 6.12. The average molecular weight is 229 g/mol. The van der Waals surface area contributed by atoms with Gasteiger partial charge >= 0.3 is 0 Å². The average Bonchev–Trinajstić information content (AvgIpc) is 2.53. The summed E-state index contributed by atoms with van der Waals surface area (Å²) in [5.41, 5.74) is 7.41. The van der Waals surface area contributed by atoms with Crippen molar-refractivity contribution in [3.63, 3.8) is 0 Å². The molecule has 1 aromatic rings. The van der Waals surface area contributed by atoms with Crippen LogP contribution in [0.25, 0.3) is 0 Å². The Balaban J connectivity index is 2.45. The van der Waals surface area contributed by atoms with Gasteiger partial charge in [-0.05, 0) is 6.92 Å². The fourth-order valence-electron chi connectivity index (χ4n) is 0.975. The normalized spacial score (nSPS) is 12.1. The van der Waals surface area contributed by atoms with Crippen molar-refractivity contribution in [1.29, 1.82) is 0 Å². The van der Waals surface area contributed by atoms with E-state index in [4.69, 9.17) is 18.0 Å². The molecule has 76 valence electrons. The van der Waals surface area contributed by atoms with Crippen molar-refractivity contribution in [2.75, 3.05) is 0 Å². The smallest absolute Gasteiger partial charge is 0.270 e. The lowest BCUT2D eigenvalue weighted by Crippen LogP contribution is -2.35. The van der Waals surface area contributed by atoms with E-state index in [1.54, 1.807) is 10.9 Å². The molecule has 1 aromatic heterocycles. The zero-order valence-electron chi connectivity index (χ0n) is 7.69.